The van der Waals surface area contributed by atoms with Gasteiger partial charge in [-0.15, -0.1) is 11.3 Å². The third-order valence-electron chi connectivity index (χ3n) is 4.57. The van der Waals surface area contributed by atoms with Crippen LogP contribution < -0.4 is 5.73 Å². The van der Waals surface area contributed by atoms with Crippen molar-refractivity contribution >= 4 is 29.0 Å². The number of amides is 1. The predicted octanol–water partition coefficient (Wildman–Crippen LogP) is 3.01. The quantitative estimate of drug-likeness (QED) is 0.837. The summed E-state index contributed by atoms with van der Waals surface area (Å²) in [7, 11) is 1.54. The lowest BCUT2D eigenvalue weighted by Crippen LogP contribution is -2.47. The van der Waals surface area contributed by atoms with Crippen molar-refractivity contribution in [1.29, 1.82) is 0 Å². The third-order valence-corrected chi connectivity index (χ3v) is 5.61. The number of thiophene rings is 1. The van der Waals surface area contributed by atoms with E-state index in [1.165, 1.54) is 29.4 Å². The number of nitrogens with two attached hydrogens (primary N) is 1. The van der Waals surface area contributed by atoms with E-state index in [0.29, 0.717) is 10.4 Å². The maximum atomic E-state index is 14.5. The number of rotatable bonds is 4. The minimum Gasteiger partial charge on any atom is -0.369 e. The molecule has 2 heterocycles. The van der Waals surface area contributed by atoms with Crippen molar-refractivity contribution in [3.63, 3.8) is 0 Å². The molecule has 0 spiro atoms. The van der Waals surface area contributed by atoms with Gasteiger partial charge in [-0.3, -0.25) is 14.5 Å². The Morgan fingerprint density at radius 2 is 2.12 bits per heavy atom. The van der Waals surface area contributed by atoms with Crippen LogP contribution in [0.5, 0.6) is 0 Å². The number of benzene rings is 1. The first-order chi connectivity index (χ1) is 12.2. The highest BCUT2D eigenvalue weighted by Gasteiger charge is 2.38. The number of nitrogens with zero attached hydrogens (tertiary/aromatic N) is 2. The van der Waals surface area contributed by atoms with Crippen LogP contribution >= 0.6 is 11.3 Å². The molecule has 0 saturated heterocycles. The summed E-state index contributed by atoms with van der Waals surface area (Å²) in [4.78, 5) is 31.9. The largest absolute Gasteiger partial charge is 0.369 e. The van der Waals surface area contributed by atoms with Crippen LogP contribution in [-0.2, 0) is 16.8 Å². The molecule has 0 saturated carbocycles. The van der Waals surface area contributed by atoms with E-state index in [4.69, 9.17) is 5.73 Å². The maximum Gasteiger partial charge on any atom is 0.231 e. The van der Waals surface area contributed by atoms with Gasteiger partial charge in [0.1, 0.15) is 5.82 Å². The number of Topliss-reactive ketones (excluding diaryl/α,β-unsaturated/α-hetero) is 1. The number of hydrogen-bond donors (Lipinski definition) is 1. The van der Waals surface area contributed by atoms with Crippen LogP contribution in [0.2, 0.25) is 0 Å². The minimum atomic E-state index is -1.09. The summed E-state index contributed by atoms with van der Waals surface area (Å²) >= 11 is 1.44. The Labute approximate surface area is 155 Å². The van der Waals surface area contributed by atoms with Gasteiger partial charge in [0, 0.05) is 23.9 Å². The van der Waals surface area contributed by atoms with Gasteiger partial charge < -0.3 is 5.73 Å². The van der Waals surface area contributed by atoms with Crippen molar-refractivity contribution in [2.24, 2.45) is 10.7 Å². The standard InChI is InChI=1S/C19H20FN3O2S/c1-11-4-7-16(26-11)15(24)9-12-5-6-14(20)13(8-12)19(2)10-17(25)23(3)18(21)22-19/h4-8H,9-10H2,1-3H3,(H2,21,22). The molecular formula is C19H20FN3O2S. The fourth-order valence-electron chi connectivity index (χ4n) is 3.02. The second-order valence-electron chi connectivity index (χ2n) is 6.70. The summed E-state index contributed by atoms with van der Waals surface area (Å²) in [5.74, 6) is -0.661. The molecule has 5 nitrogen and oxygen atoms in total. The summed E-state index contributed by atoms with van der Waals surface area (Å²) in [5.41, 5.74) is 5.67. The summed E-state index contributed by atoms with van der Waals surface area (Å²) in [5, 5.41) is 0. The Bertz CT molecular complexity index is 921. The Morgan fingerprint density at radius 1 is 1.38 bits per heavy atom. The summed E-state index contributed by atoms with van der Waals surface area (Å²) in [6, 6.07) is 8.22. The van der Waals surface area contributed by atoms with Crippen LogP contribution in [0.1, 0.15) is 39.0 Å². The smallest absolute Gasteiger partial charge is 0.231 e. The third kappa shape index (κ3) is 3.39. The van der Waals surface area contributed by atoms with Crippen molar-refractivity contribution in [2.45, 2.75) is 32.2 Å². The maximum absolute atomic E-state index is 14.5. The lowest BCUT2D eigenvalue weighted by Gasteiger charge is -2.34. The van der Waals surface area contributed by atoms with E-state index in [2.05, 4.69) is 4.99 Å². The van der Waals surface area contributed by atoms with Crippen LogP contribution in [0.15, 0.2) is 35.3 Å². The van der Waals surface area contributed by atoms with Crippen molar-refractivity contribution < 1.29 is 14.0 Å². The number of carbonyl (C=O) groups is 2. The van der Waals surface area contributed by atoms with Gasteiger partial charge in [-0.1, -0.05) is 6.07 Å². The molecule has 0 bridgehead atoms. The molecule has 1 unspecified atom stereocenters. The first-order valence-corrected chi connectivity index (χ1v) is 9.02. The summed E-state index contributed by atoms with van der Waals surface area (Å²) in [6.07, 6.45) is 0.180. The second kappa shape index (κ2) is 6.64. The molecule has 1 aromatic carbocycles. The van der Waals surface area contributed by atoms with Gasteiger partial charge in [-0.2, -0.15) is 0 Å². The Kier molecular flexibility index (Phi) is 4.66. The lowest BCUT2D eigenvalue weighted by atomic mass is 9.86. The molecule has 1 aliphatic rings. The number of halogens is 1. The van der Waals surface area contributed by atoms with Gasteiger partial charge in [0.2, 0.25) is 5.91 Å². The molecular weight excluding hydrogens is 353 g/mol. The van der Waals surface area contributed by atoms with Crippen LogP contribution in [0, 0.1) is 12.7 Å². The van der Waals surface area contributed by atoms with E-state index in [9.17, 15) is 14.0 Å². The fourth-order valence-corrected chi connectivity index (χ4v) is 3.82. The van der Waals surface area contributed by atoms with E-state index in [0.717, 1.165) is 4.88 Å². The van der Waals surface area contributed by atoms with Crippen molar-refractivity contribution in [1.82, 2.24) is 4.90 Å². The first-order valence-electron chi connectivity index (χ1n) is 8.20. The van der Waals surface area contributed by atoms with Gasteiger partial charge >= 0.3 is 0 Å². The summed E-state index contributed by atoms with van der Waals surface area (Å²) in [6.45, 7) is 3.62. The first kappa shape index (κ1) is 18.3. The number of hydrogen-bond acceptors (Lipinski definition) is 5. The molecule has 0 aliphatic carbocycles. The SMILES string of the molecule is Cc1ccc(C(=O)Cc2ccc(F)c(C3(C)CC(=O)N(C)C(N)=N3)c2)s1. The van der Waals surface area contributed by atoms with Crippen LogP contribution in [-0.4, -0.2) is 29.6 Å². The highest BCUT2D eigenvalue weighted by atomic mass is 32.1. The molecule has 2 aromatic rings. The molecule has 7 heteroatoms. The summed E-state index contributed by atoms with van der Waals surface area (Å²) < 4.78 is 14.5. The Morgan fingerprint density at radius 3 is 2.73 bits per heavy atom. The van der Waals surface area contributed by atoms with Crippen LogP contribution in [0.25, 0.3) is 0 Å². The fraction of sp³-hybridized carbons (Fsp3) is 0.316. The van der Waals surface area contributed by atoms with E-state index < -0.39 is 11.4 Å². The van der Waals surface area contributed by atoms with Crippen LogP contribution in [0.3, 0.4) is 0 Å². The van der Waals surface area contributed by atoms with Crippen molar-refractivity contribution in [3.05, 3.63) is 57.0 Å². The highest BCUT2D eigenvalue weighted by Crippen LogP contribution is 2.35. The zero-order valence-corrected chi connectivity index (χ0v) is 15.7. The van der Waals surface area contributed by atoms with Gasteiger partial charge in [-0.05, 0) is 43.7 Å². The molecule has 1 aromatic heterocycles. The predicted molar refractivity (Wildman–Crippen MR) is 99.9 cm³/mol. The molecule has 1 atom stereocenters. The zero-order valence-electron chi connectivity index (χ0n) is 14.9. The molecule has 0 radical (unpaired) electrons. The average Bonchev–Trinajstić information content (AvgIpc) is 3.01. The molecule has 26 heavy (non-hydrogen) atoms. The zero-order chi connectivity index (χ0) is 19.1. The number of aliphatic imine (C=N–C) groups is 1. The Balaban J connectivity index is 1.93. The molecule has 136 valence electrons. The van der Waals surface area contributed by atoms with Gasteiger partial charge in [0.05, 0.1) is 16.8 Å². The van der Waals surface area contributed by atoms with Crippen molar-refractivity contribution in [2.75, 3.05) is 7.05 Å². The number of ketones is 1. The lowest BCUT2D eigenvalue weighted by molar-refractivity contribution is -0.128. The normalized spacial score (nSPS) is 20.2. The molecule has 1 aliphatic heterocycles. The monoisotopic (exact) mass is 373 g/mol. The topological polar surface area (TPSA) is 75.8 Å². The van der Waals surface area contributed by atoms with E-state index in [-0.39, 0.29) is 36.1 Å². The average molecular weight is 373 g/mol. The molecule has 0 fully saturated rings. The van der Waals surface area contributed by atoms with Gasteiger partial charge in [0.25, 0.3) is 0 Å². The molecule has 2 N–H and O–H groups in total. The second-order valence-corrected chi connectivity index (χ2v) is 7.99. The number of aryl methyl sites for hydroxylation is 1. The van der Waals surface area contributed by atoms with Gasteiger partial charge in [-0.25, -0.2) is 9.38 Å². The molecule has 1 amide bonds. The van der Waals surface area contributed by atoms with E-state index in [1.54, 1.807) is 25.1 Å². The van der Waals surface area contributed by atoms with Crippen molar-refractivity contribution in [3.8, 4) is 0 Å². The highest BCUT2D eigenvalue weighted by molar-refractivity contribution is 7.14. The van der Waals surface area contributed by atoms with E-state index >= 15 is 0 Å². The number of carbonyl (C=O) groups excluding carboxylic acids is 2. The Hall–Kier alpha value is -2.54. The molecule has 3 rings (SSSR count). The van der Waals surface area contributed by atoms with E-state index in [1.807, 2.05) is 13.0 Å². The number of guanidine groups is 1. The van der Waals surface area contributed by atoms with Gasteiger partial charge in [0.15, 0.2) is 11.7 Å². The van der Waals surface area contributed by atoms with Crippen LogP contribution in [0.4, 0.5) is 4.39 Å². The minimum absolute atomic E-state index is 0.0165.